The number of ether oxygens (including phenoxy) is 5. The molecule has 4 rings (SSSR count). The van der Waals surface area contributed by atoms with Crippen molar-refractivity contribution in [1.29, 1.82) is 0 Å². The van der Waals surface area contributed by atoms with Gasteiger partial charge in [0.1, 0.15) is 11.3 Å². The van der Waals surface area contributed by atoms with Gasteiger partial charge in [0, 0.05) is 23.4 Å². The van der Waals surface area contributed by atoms with Crippen molar-refractivity contribution in [3.05, 3.63) is 81.5 Å². The summed E-state index contributed by atoms with van der Waals surface area (Å²) in [5, 5.41) is 26.3. The largest absolute Gasteiger partial charge is 0.505 e. The molecule has 0 saturated heterocycles. The zero-order valence-electron chi connectivity index (χ0n) is 22.4. The second-order valence-corrected chi connectivity index (χ2v) is 8.43. The molecule has 12 heteroatoms. The first-order valence-corrected chi connectivity index (χ1v) is 11.9. The van der Waals surface area contributed by atoms with Crippen LogP contribution in [0.3, 0.4) is 0 Å². The van der Waals surface area contributed by atoms with Crippen LogP contribution < -0.4 is 29.0 Å². The number of aromatic hydroxyl groups is 1. The van der Waals surface area contributed by atoms with Gasteiger partial charge < -0.3 is 34.1 Å². The molecule has 1 amide bonds. The van der Waals surface area contributed by atoms with Crippen molar-refractivity contribution in [1.82, 2.24) is 10.3 Å². The lowest BCUT2D eigenvalue weighted by molar-refractivity contribution is -0.383. The van der Waals surface area contributed by atoms with E-state index >= 15 is 0 Å². The molecule has 0 aliphatic carbocycles. The summed E-state index contributed by atoms with van der Waals surface area (Å²) < 4.78 is 26.8. The Hall–Kier alpha value is -5.26. The highest BCUT2D eigenvalue weighted by atomic mass is 16.6. The summed E-state index contributed by atoms with van der Waals surface area (Å²) in [5.41, 5.74) is 0.361. The molecule has 12 nitrogen and oxygen atoms in total. The first-order chi connectivity index (χ1) is 19.3. The number of nitro benzene ring substituents is 1. The predicted octanol–water partition coefficient (Wildman–Crippen LogP) is 4.41. The van der Waals surface area contributed by atoms with Crippen LogP contribution in [-0.4, -0.2) is 56.5 Å². The third-order valence-electron chi connectivity index (χ3n) is 6.32. The van der Waals surface area contributed by atoms with E-state index < -0.39 is 16.9 Å². The van der Waals surface area contributed by atoms with Crippen LogP contribution in [0.4, 0.5) is 5.69 Å². The number of aromatic nitrogens is 1. The molecule has 0 radical (unpaired) electrons. The van der Waals surface area contributed by atoms with Crippen LogP contribution in [0.2, 0.25) is 0 Å². The minimum absolute atomic E-state index is 0.0132. The van der Waals surface area contributed by atoms with E-state index in [1.165, 1.54) is 72.1 Å². The summed E-state index contributed by atoms with van der Waals surface area (Å²) >= 11 is 0. The zero-order valence-corrected chi connectivity index (χ0v) is 22.4. The molecular weight excluding hydrogens is 522 g/mol. The Balaban J connectivity index is 1.92. The molecule has 4 aromatic rings. The van der Waals surface area contributed by atoms with Gasteiger partial charge in [0.05, 0.1) is 51.9 Å². The minimum Gasteiger partial charge on any atom is -0.505 e. The normalized spacial score (nSPS) is 11.4. The number of nitrogens with zero attached hydrogens (tertiary/aromatic N) is 2. The van der Waals surface area contributed by atoms with Crippen LogP contribution >= 0.6 is 0 Å². The van der Waals surface area contributed by atoms with Crippen molar-refractivity contribution in [3.8, 4) is 34.5 Å². The third kappa shape index (κ3) is 5.06. The van der Waals surface area contributed by atoms with Gasteiger partial charge in [0.25, 0.3) is 11.6 Å². The van der Waals surface area contributed by atoms with Crippen molar-refractivity contribution in [3.63, 3.8) is 0 Å². The molecule has 0 saturated carbocycles. The quantitative estimate of drug-likeness (QED) is 0.215. The lowest BCUT2D eigenvalue weighted by Crippen LogP contribution is -2.29. The van der Waals surface area contributed by atoms with Gasteiger partial charge in [-0.15, -0.1) is 0 Å². The maximum absolute atomic E-state index is 13.7. The Morgan fingerprint density at radius 1 is 0.900 bits per heavy atom. The van der Waals surface area contributed by atoms with Gasteiger partial charge in [-0.2, -0.15) is 0 Å². The van der Waals surface area contributed by atoms with Crippen LogP contribution in [0.25, 0.3) is 10.9 Å². The predicted molar refractivity (Wildman–Crippen MR) is 145 cm³/mol. The van der Waals surface area contributed by atoms with E-state index in [2.05, 4.69) is 10.3 Å². The lowest BCUT2D eigenvalue weighted by atomic mass is 9.94. The van der Waals surface area contributed by atoms with Crippen LogP contribution in [0.5, 0.6) is 34.5 Å². The number of nitrogens with one attached hydrogen (secondary N) is 1. The van der Waals surface area contributed by atoms with E-state index in [0.717, 1.165) is 0 Å². The van der Waals surface area contributed by atoms with Crippen molar-refractivity contribution in [2.24, 2.45) is 0 Å². The van der Waals surface area contributed by atoms with Gasteiger partial charge in [-0.1, -0.05) is 6.07 Å². The summed E-state index contributed by atoms with van der Waals surface area (Å²) in [6.45, 7) is 0. The lowest BCUT2D eigenvalue weighted by Gasteiger charge is -2.23. The van der Waals surface area contributed by atoms with E-state index in [4.69, 9.17) is 23.7 Å². The fourth-order valence-corrected chi connectivity index (χ4v) is 4.40. The number of non-ortho nitro benzene ring substituents is 1. The summed E-state index contributed by atoms with van der Waals surface area (Å²) in [5.74, 6) is 0.655. The minimum atomic E-state index is -1.09. The molecule has 0 unspecified atom stereocenters. The van der Waals surface area contributed by atoms with Crippen LogP contribution in [0.1, 0.15) is 27.5 Å². The maximum Gasteiger partial charge on any atom is 0.279 e. The summed E-state index contributed by atoms with van der Waals surface area (Å²) in [4.78, 5) is 29.3. The van der Waals surface area contributed by atoms with Gasteiger partial charge in [-0.3, -0.25) is 19.9 Å². The SMILES string of the molecule is COc1ccc([C@@H](NC(=O)c2cc(OC)c(OC)c(OC)c2)c2cc([N+](=O)[O-])c3cccnc3c2O)cc1OC. The molecule has 208 valence electrons. The highest BCUT2D eigenvalue weighted by Gasteiger charge is 2.29. The number of hydrogen-bond donors (Lipinski definition) is 2. The van der Waals surface area contributed by atoms with Crippen molar-refractivity contribution in [2.45, 2.75) is 6.04 Å². The number of nitro groups is 1. The number of benzene rings is 3. The van der Waals surface area contributed by atoms with E-state index in [1.807, 2.05) is 0 Å². The van der Waals surface area contributed by atoms with Gasteiger partial charge in [-0.25, -0.2) is 0 Å². The Bertz CT molecular complexity index is 1560. The topological polar surface area (TPSA) is 152 Å². The van der Waals surface area contributed by atoms with E-state index in [0.29, 0.717) is 22.8 Å². The zero-order chi connectivity index (χ0) is 29.0. The third-order valence-corrected chi connectivity index (χ3v) is 6.32. The number of carbonyl (C=O) groups excluding carboxylic acids is 1. The van der Waals surface area contributed by atoms with Crippen LogP contribution in [0, 0.1) is 10.1 Å². The number of carbonyl (C=O) groups is 1. The Kier molecular flexibility index (Phi) is 8.08. The molecule has 0 fully saturated rings. The standard InChI is InChI=1S/C28H27N3O9/c1-36-20-9-8-15(11-21(20)37-2)24(18-14-19(31(34)35)17-7-6-10-29-25(17)26(18)32)30-28(33)16-12-22(38-3)27(40-5)23(13-16)39-4/h6-14,24,32H,1-5H3,(H,30,33)/t24-/m1/s1. The number of phenolic OH excluding ortho intramolecular Hbond substituents is 1. The number of pyridine rings is 1. The van der Waals surface area contributed by atoms with Gasteiger partial charge in [0.2, 0.25) is 5.75 Å². The summed E-state index contributed by atoms with van der Waals surface area (Å²) in [6, 6.07) is 11.0. The molecule has 1 atom stereocenters. The fraction of sp³-hybridized carbons (Fsp3) is 0.214. The monoisotopic (exact) mass is 549 g/mol. The summed E-state index contributed by atoms with van der Waals surface area (Å²) in [7, 11) is 7.21. The first-order valence-electron chi connectivity index (χ1n) is 11.9. The molecule has 1 heterocycles. The highest BCUT2D eigenvalue weighted by molar-refractivity contribution is 5.97. The molecule has 2 N–H and O–H groups in total. The second kappa shape index (κ2) is 11.6. The molecule has 0 spiro atoms. The van der Waals surface area contributed by atoms with Gasteiger partial charge in [-0.05, 0) is 42.0 Å². The van der Waals surface area contributed by atoms with Crippen molar-refractivity contribution in [2.75, 3.05) is 35.5 Å². The smallest absolute Gasteiger partial charge is 0.279 e. The molecular formula is C28H27N3O9. The Morgan fingerprint density at radius 2 is 1.55 bits per heavy atom. The highest BCUT2D eigenvalue weighted by Crippen LogP contribution is 2.42. The van der Waals surface area contributed by atoms with E-state index in [1.54, 1.807) is 18.2 Å². The summed E-state index contributed by atoms with van der Waals surface area (Å²) in [6.07, 6.45) is 1.41. The van der Waals surface area contributed by atoms with Crippen LogP contribution in [0.15, 0.2) is 54.7 Å². The second-order valence-electron chi connectivity index (χ2n) is 8.43. The number of methoxy groups -OCH3 is 5. The molecule has 40 heavy (non-hydrogen) atoms. The Labute approximate surface area is 229 Å². The molecule has 0 aliphatic rings. The Morgan fingerprint density at radius 3 is 2.12 bits per heavy atom. The van der Waals surface area contributed by atoms with Crippen LogP contribution in [-0.2, 0) is 0 Å². The van der Waals surface area contributed by atoms with Gasteiger partial charge >= 0.3 is 0 Å². The van der Waals surface area contributed by atoms with E-state index in [9.17, 15) is 20.0 Å². The fourth-order valence-electron chi connectivity index (χ4n) is 4.40. The maximum atomic E-state index is 13.7. The first kappa shape index (κ1) is 27.8. The number of rotatable bonds is 10. The number of amides is 1. The molecule has 0 bridgehead atoms. The van der Waals surface area contributed by atoms with Gasteiger partial charge in [0.15, 0.2) is 23.0 Å². The van der Waals surface area contributed by atoms with E-state index in [-0.39, 0.29) is 45.0 Å². The number of phenols is 1. The molecule has 3 aromatic carbocycles. The van der Waals surface area contributed by atoms with Crippen molar-refractivity contribution >= 4 is 22.5 Å². The average molecular weight is 550 g/mol. The molecule has 0 aliphatic heterocycles. The number of hydrogen-bond acceptors (Lipinski definition) is 10. The van der Waals surface area contributed by atoms with Crippen molar-refractivity contribution < 1.29 is 38.5 Å². The molecule has 1 aromatic heterocycles. The number of fused-ring (bicyclic) bond motifs is 1. The average Bonchev–Trinajstić information content (AvgIpc) is 2.98.